The van der Waals surface area contributed by atoms with Crippen molar-refractivity contribution >= 4 is 27.3 Å². The minimum absolute atomic E-state index is 0.688. The smallest absolute Gasteiger partial charge is 0.107 e. The van der Waals surface area contributed by atoms with E-state index in [2.05, 4.69) is 50.5 Å². The third kappa shape index (κ3) is 4.38. The van der Waals surface area contributed by atoms with Crippen molar-refractivity contribution in [1.82, 2.24) is 10.3 Å². The van der Waals surface area contributed by atoms with Gasteiger partial charge in [0.25, 0.3) is 0 Å². The Bertz CT molecular complexity index is 556. The van der Waals surface area contributed by atoms with Crippen LogP contribution in [0, 0.1) is 0 Å². The zero-order chi connectivity index (χ0) is 14.5. The molecule has 1 heterocycles. The van der Waals surface area contributed by atoms with Gasteiger partial charge in [0.05, 0.1) is 4.88 Å². The van der Waals surface area contributed by atoms with Crippen LogP contribution in [0.3, 0.4) is 0 Å². The van der Waals surface area contributed by atoms with E-state index >= 15 is 0 Å². The van der Waals surface area contributed by atoms with E-state index in [-0.39, 0.29) is 0 Å². The number of hydrogen-bond acceptors (Lipinski definition) is 3. The topological polar surface area (TPSA) is 24.9 Å². The molecule has 1 N–H and O–H groups in total. The number of rotatable bonds is 4. The number of aromatic nitrogens is 1. The lowest BCUT2D eigenvalue weighted by atomic mass is 10.1. The summed E-state index contributed by atoms with van der Waals surface area (Å²) >= 11 is 5.27. The van der Waals surface area contributed by atoms with Crippen molar-refractivity contribution in [2.24, 2.45) is 0 Å². The van der Waals surface area contributed by atoms with Crippen LogP contribution in [0.5, 0.6) is 0 Å². The fraction of sp³-hybridized carbons (Fsp3) is 0.471. The summed E-state index contributed by atoms with van der Waals surface area (Å²) in [7, 11) is 0. The van der Waals surface area contributed by atoms with Crippen LogP contribution in [-0.4, -0.2) is 11.0 Å². The first-order chi connectivity index (χ1) is 10.3. The first-order valence-corrected chi connectivity index (χ1v) is 9.36. The van der Waals surface area contributed by atoms with Gasteiger partial charge in [0, 0.05) is 23.3 Å². The van der Waals surface area contributed by atoms with E-state index in [1.165, 1.54) is 54.0 Å². The van der Waals surface area contributed by atoms with E-state index in [1.54, 1.807) is 11.3 Å². The second-order valence-corrected chi connectivity index (χ2v) is 7.73. The highest BCUT2D eigenvalue weighted by Crippen LogP contribution is 2.27. The van der Waals surface area contributed by atoms with Gasteiger partial charge in [-0.05, 0) is 30.5 Å². The Kier molecular flexibility index (Phi) is 5.44. The molecule has 0 saturated heterocycles. The van der Waals surface area contributed by atoms with E-state index in [0.717, 1.165) is 11.0 Å². The van der Waals surface area contributed by atoms with Crippen LogP contribution in [0.2, 0.25) is 0 Å². The summed E-state index contributed by atoms with van der Waals surface area (Å²) in [6.45, 7) is 0.909. The van der Waals surface area contributed by atoms with E-state index in [0.29, 0.717) is 6.04 Å². The fourth-order valence-corrected chi connectivity index (χ4v) is 3.99. The first kappa shape index (κ1) is 15.2. The number of thiazole rings is 1. The van der Waals surface area contributed by atoms with Crippen molar-refractivity contribution in [2.75, 3.05) is 0 Å². The second-order valence-electron chi connectivity index (χ2n) is 5.69. The normalized spacial score (nSPS) is 16.8. The Hall–Kier alpha value is -0.710. The van der Waals surface area contributed by atoms with Crippen LogP contribution in [-0.2, 0) is 6.54 Å². The largest absolute Gasteiger partial charge is 0.308 e. The van der Waals surface area contributed by atoms with Gasteiger partial charge < -0.3 is 5.32 Å². The van der Waals surface area contributed by atoms with Gasteiger partial charge in [-0.15, -0.1) is 11.3 Å². The maximum Gasteiger partial charge on any atom is 0.107 e. The Morgan fingerprint density at radius 1 is 1.10 bits per heavy atom. The standard InChI is InChI=1S/C17H21BrN2S/c18-14-9-7-13(8-10-14)16-11-20-17(21-16)12-19-15-5-3-1-2-4-6-15/h7-11,15,19H,1-6,12H2. The number of nitrogens with one attached hydrogen (secondary N) is 1. The second kappa shape index (κ2) is 7.52. The molecule has 0 spiro atoms. The van der Waals surface area contributed by atoms with Crippen molar-refractivity contribution in [1.29, 1.82) is 0 Å². The summed E-state index contributed by atoms with van der Waals surface area (Å²) in [5.41, 5.74) is 1.25. The molecular formula is C17H21BrN2S. The predicted molar refractivity (Wildman–Crippen MR) is 93.6 cm³/mol. The average Bonchev–Trinajstić information content (AvgIpc) is 2.81. The number of nitrogens with zero attached hydrogens (tertiary/aromatic N) is 1. The third-order valence-corrected chi connectivity index (χ3v) is 5.65. The lowest BCUT2D eigenvalue weighted by Gasteiger charge is -2.14. The zero-order valence-electron chi connectivity index (χ0n) is 12.1. The molecule has 0 unspecified atom stereocenters. The lowest BCUT2D eigenvalue weighted by molar-refractivity contribution is 0.458. The molecule has 0 atom stereocenters. The van der Waals surface area contributed by atoms with Crippen LogP contribution in [0.25, 0.3) is 10.4 Å². The van der Waals surface area contributed by atoms with Crippen molar-refractivity contribution in [2.45, 2.75) is 51.1 Å². The summed E-state index contributed by atoms with van der Waals surface area (Å²) in [4.78, 5) is 5.82. The zero-order valence-corrected chi connectivity index (χ0v) is 14.5. The van der Waals surface area contributed by atoms with Crippen molar-refractivity contribution in [3.05, 3.63) is 39.9 Å². The molecule has 112 valence electrons. The van der Waals surface area contributed by atoms with Crippen molar-refractivity contribution in [3.8, 4) is 10.4 Å². The molecule has 1 aliphatic rings. The summed E-state index contributed by atoms with van der Waals surface area (Å²) < 4.78 is 1.12. The van der Waals surface area contributed by atoms with E-state index in [1.807, 2.05) is 6.20 Å². The van der Waals surface area contributed by atoms with Crippen LogP contribution in [0.4, 0.5) is 0 Å². The highest BCUT2D eigenvalue weighted by atomic mass is 79.9. The maximum absolute atomic E-state index is 4.57. The third-order valence-electron chi connectivity index (χ3n) is 4.08. The highest BCUT2D eigenvalue weighted by Gasteiger charge is 2.12. The van der Waals surface area contributed by atoms with Crippen LogP contribution >= 0.6 is 27.3 Å². The van der Waals surface area contributed by atoms with Gasteiger partial charge >= 0.3 is 0 Å². The number of halogens is 1. The Morgan fingerprint density at radius 2 is 1.81 bits per heavy atom. The molecule has 1 aliphatic carbocycles. The maximum atomic E-state index is 4.57. The highest BCUT2D eigenvalue weighted by molar-refractivity contribution is 9.10. The fourth-order valence-electron chi connectivity index (χ4n) is 2.85. The SMILES string of the molecule is Brc1ccc(-c2cnc(CNC3CCCCCC3)s2)cc1. The van der Waals surface area contributed by atoms with E-state index in [4.69, 9.17) is 0 Å². The number of benzene rings is 1. The van der Waals surface area contributed by atoms with Gasteiger partial charge in [-0.3, -0.25) is 0 Å². The molecule has 3 rings (SSSR count). The lowest BCUT2D eigenvalue weighted by Crippen LogP contribution is -2.27. The molecule has 21 heavy (non-hydrogen) atoms. The molecule has 0 amide bonds. The summed E-state index contributed by atoms with van der Waals surface area (Å²) in [6, 6.07) is 9.13. The molecule has 4 heteroatoms. The molecule has 0 radical (unpaired) electrons. The Labute approximate surface area is 139 Å². The van der Waals surface area contributed by atoms with Crippen LogP contribution in [0.1, 0.15) is 43.5 Å². The van der Waals surface area contributed by atoms with E-state index in [9.17, 15) is 0 Å². The van der Waals surface area contributed by atoms with Gasteiger partial charge in [-0.2, -0.15) is 0 Å². The van der Waals surface area contributed by atoms with Crippen molar-refractivity contribution < 1.29 is 0 Å². The molecule has 0 bridgehead atoms. The summed E-state index contributed by atoms with van der Waals surface area (Å²) in [5, 5.41) is 4.88. The summed E-state index contributed by atoms with van der Waals surface area (Å²) in [6.07, 6.45) is 10.2. The van der Waals surface area contributed by atoms with Crippen molar-refractivity contribution in [3.63, 3.8) is 0 Å². The molecule has 1 fully saturated rings. The molecule has 0 aliphatic heterocycles. The minimum atomic E-state index is 0.688. The molecule has 1 aromatic carbocycles. The van der Waals surface area contributed by atoms with Gasteiger partial charge in [0.1, 0.15) is 5.01 Å². The predicted octanol–water partition coefficient (Wildman–Crippen LogP) is 5.39. The Balaban J connectivity index is 1.58. The molecule has 2 nitrogen and oxygen atoms in total. The summed E-state index contributed by atoms with van der Waals surface area (Å²) in [5.74, 6) is 0. The van der Waals surface area contributed by atoms with Crippen LogP contribution in [0.15, 0.2) is 34.9 Å². The van der Waals surface area contributed by atoms with Gasteiger partial charge in [-0.1, -0.05) is 53.7 Å². The monoisotopic (exact) mass is 364 g/mol. The van der Waals surface area contributed by atoms with Gasteiger partial charge in [0.15, 0.2) is 0 Å². The van der Waals surface area contributed by atoms with Gasteiger partial charge in [0.2, 0.25) is 0 Å². The number of hydrogen-bond donors (Lipinski definition) is 1. The molecule has 1 aromatic heterocycles. The molecule has 1 saturated carbocycles. The Morgan fingerprint density at radius 3 is 2.52 bits per heavy atom. The first-order valence-electron chi connectivity index (χ1n) is 7.75. The average molecular weight is 365 g/mol. The van der Waals surface area contributed by atoms with Crippen LogP contribution < -0.4 is 5.32 Å². The van der Waals surface area contributed by atoms with E-state index < -0.39 is 0 Å². The molecule has 2 aromatic rings. The quantitative estimate of drug-likeness (QED) is 0.736. The minimum Gasteiger partial charge on any atom is -0.308 e. The molecular weight excluding hydrogens is 344 g/mol. The van der Waals surface area contributed by atoms with Gasteiger partial charge in [-0.25, -0.2) is 4.98 Å².